The van der Waals surface area contributed by atoms with Crippen molar-refractivity contribution in [3.05, 3.63) is 30.0 Å². The van der Waals surface area contributed by atoms with Crippen LogP contribution >= 0.6 is 0 Å². The number of aromatic amines is 1. The fourth-order valence-electron chi connectivity index (χ4n) is 1.74. The number of aryl methyl sites for hydroxylation is 1. The number of carboxylic acids is 1. The maximum absolute atomic E-state index is 10.5. The van der Waals surface area contributed by atoms with Crippen molar-refractivity contribution in [2.45, 2.75) is 12.8 Å². The van der Waals surface area contributed by atoms with Crippen molar-refractivity contribution in [1.82, 2.24) is 4.98 Å². The molecule has 1 aromatic carbocycles. The topological polar surface area (TPSA) is 53.1 Å². The highest BCUT2D eigenvalue weighted by Crippen LogP contribution is 2.17. The molecule has 0 saturated carbocycles. The monoisotopic (exact) mass is 201 g/mol. The Labute approximate surface area is 88.5 Å². The van der Waals surface area contributed by atoms with E-state index >= 15 is 0 Å². The summed E-state index contributed by atoms with van der Waals surface area (Å²) in [5, 5.41) is 9.76. The van der Waals surface area contributed by atoms with Crippen molar-refractivity contribution >= 4 is 30.2 Å². The van der Waals surface area contributed by atoms with Crippen molar-refractivity contribution in [3.8, 4) is 0 Å². The Morgan fingerprint density at radius 2 is 2.27 bits per heavy atom. The maximum Gasteiger partial charge on any atom is 0.303 e. The van der Waals surface area contributed by atoms with E-state index in [9.17, 15) is 4.79 Å². The smallest absolute Gasteiger partial charge is 0.303 e. The van der Waals surface area contributed by atoms with E-state index in [-0.39, 0.29) is 6.42 Å². The third kappa shape index (κ3) is 2.04. The average molecular weight is 201 g/mol. The van der Waals surface area contributed by atoms with E-state index in [1.165, 1.54) is 5.46 Å². The Balaban J connectivity index is 2.35. The molecule has 0 aliphatic heterocycles. The number of fused-ring (bicyclic) bond motifs is 1. The minimum atomic E-state index is -0.753. The molecule has 1 aromatic heterocycles. The van der Waals surface area contributed by atoms with E-state index in [4.69, 9.17) is 5.11 Å². The minimum Gasteiger partial charge on any atom is -0.481 e. The normalized spacial score (nSPS) is 10.7. The van der Waals surface area contributed by atoms with Crippen LogP contribution in [0.5, 0.6) is 0 Å². The zero-order valence-electron chi connectivity index (χ0n) is 8.58. The molecule has 0 aliphatic carbocycles. The van der Waals surface area contributed by atoms with Gasteiger partial charge in [0.25, 0.3) is 0 Å². The van der Waals surface area contributed by atoms with E-state index in [2.05, 4.69) is 11.1 Å². The summed E-state index contributed by atoms with van der Waals surface area (Å²) in [6, 6.07) is 6.15. The molecule has 0 fully saturated rings. The van der Waals surface area contributed by atoms with Crippen molar-refractivity contribution in [2.24, 2.45) is 0 Å². The summed E-state index contributed by atoms with van der Waals surface area (Å²) in [5.41, 5.74) is 3.34. The number of aromatic nitrogens is 1. The van der Waals surface area contributed by atoms with Gasteiger partial charge in [0, 0.05) is 23.5 Å². The van der Waals surface area contributed by atoms with Gasteiger partial charge in [-0.1, -0.05) is 17.6 Å². The zero-order valence-corrected chi connectivity index (χ0v) is 8.58. The second kappa shape index (κ2) is 3.81. The van der Waals surface area contributed by atoms with Crippen LogP contribution in [0.2, 0.25) is 0 Å². The molecule has 2 rings (SSSR count). The number of carboxylic acid groups (broad SMARTS) is 1. The van der Waals surface area contributed by atoms with Crippen LogP contribution in [0, 0.1) is 0 Å². The van der Waals surface area contributed by atoms with Gasteiger partial charge >= 0.3 is 5.97 Å². The first-order chi connectivity index (χ1) is 7.16. The van der Waals surface area contributed by atoms with Gasteiger partial charge in [-0.15, -0.1) is 0 Å². The number of carbonyl (C=O) groups is 1. The third-order valence-corrected chi connectivity index (χ3v) is 2.53. The second-order valence-corrected chi connectivity index (χ2v) is 3.76. The molecule has 15 heavy (non-hydrogen) atoms. The van der Waals surface area contributed by atoms with Crippen molar-refractivity contribution < 1.29 is 9.90 Å². The number of nitrogens with one attached hydrogen (secondary N) is 1. The number of benzene rings is 1. The summed E-state index contributed by atoms with van der Waals surface area (Å²) < 4.78 is 0. The molecule has 0 radical (unpaired) electrons. The van der Waals surface area contributed by atoms with Crippen LogP contribution in [-0.2, 0) is 11.2 Å². The first kappa shape index (κ1) is 9.83. The standard InChI is InChI=1S/C11H12BNO2/c12-8-2-3-10-9(5-8)7(6-13-10)1-4-11(14)15/h2-3,5-6,13H,1,4,12H2,(H,14,15). The van der Waals surface area contributed by atoms with E-state index in [1.807, 2.05) is 26.2 Å². The van der Waals surface area contributed by atoms with Gasteiger partial charge in [0.05, 0.1) is 0 Å². The number of hydrogen-bond acceptors (Lipinski definition) is 1. The lowest BCUT2D eigenvalue weighted by atomic mass is 9.94. The Hall–Kier alpha value is -1.71. The van der Waals surface area contributed by atoms with Crippen LogP contribution in [0.25, 0.3) is 10.9 Å². The Morgan fingerprint density at radius 3 is 3.00 bits per heavy atom. The van der Waals surface area contributed by atoms with E-state index in [0.717, 1.165) is 16.5 Å². The predicted molar refractivity (Wildman–Crippen MR) is 62.4 cm³/mol. The number of H-pyrrole nitrogens is 1. The summed E-state index contributed by atoms with van der Waals surface area (Å²) in [6.45, 7) is 0. The number of hydrogen-bond donors (Lipinski definition) is 2. The molecule has 0 spiro atoms. The molecule has 0 aliphatic rings. The van der Waals surface area contributed by atoms with Crippen LogP contribution in [0.4, 0.5) is 0 Å². The summed E-state index contributed by atoms with van der Waals surface area (Å²) in [7, 11) is 2.04. The fraction of sp³-hybridized carbons (Fsp3) is 0.182. The lowest BCUT2D eigenvalue weighted by Gasteiger charge is -1.97. The quantitative estimate of drug-likeness (QED) is 0.708. The third-order valence-electron chi connectivity index (χ3n) is 2.53. The van der Waals surface area contributed by atoms with Crippen molar-refractivity contribution in [1.29, 1.82) is 0 Å². The number of aliphatic carboxylic acids is 1. The first-order valence-electron chi connectivity index (χ1n) is 4.95. The number of rotatable bonds is 3. The molecule has 2 N–H and O–H groups in total. The molecular weight excluding hydrogens is 189 g/mol. The molecule has 0 amide bonds. The van der Waals surface area contributed by atoms with Gasteiger partial charge in [-0.2, -0.15) is 0 Å². The van der Waals surface area contributed by atoms with E-state index in [0.29, 0.717) is 6.42 Å². The minimum absolute atomic E-state index is 0.181. The molecule has 0 atom stereocenters. The van der Waals surface area contributed by atoms with Gasteiger partial charge in [-0.05, 0) is 18.1 Å². The highest BCUT2D eigenvalue weighted by atomic mass is 16.4. The summed E-state index contributed by atoms with van der Waals surface area (Å²) in [6.07, 6.45) is 2.66. The highest BCUT2D eigenvalue weighted by molar-refractivity contribution is 6.33. The Morgan fingerprint density at radius 1 is 1.47 bits per heavy atom. The SMILES string of the molecule is Bc1ccc2[nH]cc(CCC(=O)O)c2c1. The fourth-order valence-corrected chi connectivity index (χ4v) is 1.74. The lowest BCUT2D eigenvalue weighted by molar-refractivity contribution is -0.136. The maximum atomic E-state index is 10.5. The van der Waals surface area contributed by atoms with Crippen LogP contribution in [0.3, 0.4) is 0 Å². The molecule has 0 unspecified atom stereocenters. The molecular formula is C11H12BNO2. The van der Waals surface area contributed by atoms with Gasteiger partial charge in [-0.25, -0.2) is 0 Å². The molecule has 76 valence electrons. The molecule has 0 saturated heterocycles. The zero-order chi connectivity index (χ0) is 10.8. The van der Waals surface area contributed by atoms with Crippen LogP contribution in [0.1, 0.15) is 12.0 Å². The van der Waals surface area contributed by atoms with Crippen LogP contribution < -0.4 is 5.46 Å². The van der Waals surface area contributed by atoms with Gasteiger partial charge in [-0.3, -0.25) is 4.79 Å². The van der Waals surface area contributed by atoms with E-state index < -0.39 is 5.97 Å². The van der Waals surface area contributed by atoms with Gasteiger partial charge in [0.1, 0.15) is 7.85 Å². The van der Waals surface area contributed by atoms with Crippen LogP contribution in [0.15, 0.2) is 24.4 Å². The summed E-state index contributed by atoms with van der Waals surface area (Å²) in [4.78, 5) is 13.6. The van der Waals surface area contributed by atoms with Crippen LogP contribution in [-0.4, -0.2) is 23.9 Å². The Kier molecular flexibility index (Phi) is 2.50. The molecule has 4 heteroatoms. The van der Waals surface area contributed by atoms with Crippen molar-refractivity contribution in [2.75, 3.05) is 0 Å². The molecule has 1 heterocycles. The van der Waals surface area contributed by atoms with Gasteiger partial charge < -0.3 is 10.1 Å². The molecule has 2 aromatic rings. The molecule has 3 nitrogen and oxygen atoms in total. The highest BCUT2D eigenvalue weighted by Gasteiger charge is 2.05. The average Bonchev–Trinajstić information content (AvgIpc) is 2.57. The summed E-state index contributed by atoms with van der Waals surface area (Å²) in [5.74, 6) is -0.753. The molecule has 0 bridgehead atoms. The van der Waals surface area contributed by atoms with Crippen molar-refractivity contribution in [3.63, 3.8) is 0 Å². The summed E-state index contributed by atoms with van der Waals surface area (Å²) >= 11 is 0. The largest absolute Gasteiger partial charge is 0.481 e. The predicted octanol–water partition coefficient (Wildman–Crippen LogP) is 0.443. The lowest BCUT2D eigenvalue weighted by Crippen LogP contribution is -2.00. The second-order valence-electron chi connectivity index (χ2n) is 3.76. The Bertz CT molecular complexity index is 504. The van der Waals surface area contributed by atoms with E-state index in [1.54, 1.807) is 0 Å². The van der Waals surface area contributed by atoms with Gasteiger partial charge in [0.15, 0.2) is 0 Å². The first-order valence-corrected chi connectivity index (χ1v) is 4.95. The van der Waals surface area contributed by atoms with Gasteiger partial charge in [0.2, 0.25) is 0 Å².